The Morgan fingerprint density at radius 1 is 1.00 bits per heavy atom. The summed E-state index contributed by atoms with van der Waals surface area (Å²) in [5.41, 5.74) is 3.92. The largest absolute Gasteiger partial charge is 0.494 e. The SMILES string of the molecule is Cn1c(O)c(C=Nc2ccc(N3CCCC3)cc2)c2ccccc21. The van der Waals surface area contributed by atoms with Gasteiger partial charge in [-0.3, -0.25) is 4.99 Å². The monoisotopic (exact) mass is 319 g/mol. The summed E-state index contributed by atoms with van der Waals surface area (Å²) in [6.07, 6.45) is 4.31. The molecule has 1 aliphatic rings. The summed E-state index contributed by atoms with van der Waals surface area (Å²) in [6.45, 7) is 2.29. The molecule has 1 aromatic heterocycles. The number of nitrogens with zero attached hydrogens (tertiary/aromatic N) is 3. The van der Waals surface area contributed by atoms with Crippen LogP contribution >= 0.6 is 0 Å². The highest BCUT2D eigenvalue weighted by Gasteiger charge is 2.13. The maximum absolute atomic E-state index is 10.4. The lowest BCUT2D eigenvalue weighted by Crippen LogP contribution is -2.17. The van der Waals surface area contributed by atoms with Crippen molar-refractivity contribution >= 4 is 28.5 Å². The lowest BCUT2D eigenvalue weighted by atomic mass is 10.2. The summed E-state index contributed by atoms with van der Waals surface area (Å²) in [5.74, 6) is 0.244. The second kappa shape index (κ2) is 6.04. The van der Waals surface area contributed by atoms with Crippen molar-refractivity contribution in [3.05, 3.63) is 54.1 Å². The number of hydrogen-bond acceptors (Lipinski definition) is 3. The third kappa shape index (κ3) is 2.54. The molecule has 4 nitrogen and oxygen atoms in total. The van der Waals surface area contributed by atoms with Crippen LogP contribution < -0.4 is 4.90 Å². The van der Waals surface area contributed by atoms with Gasteiger partial charge in [-0.25, -0.2) is 0 Å². The average Bonchev–Trinajstić information content (AvgIpc) is 3.23. The van der Waals surface area contributed by atoms with Crippen LogP contribution in [0.3, 0.4) is 0 Å². The summed E-state index contributed by atoms with van der Waals surface area (Å²) in [7, 11) is 1.86. The molecular weight excluding hydrogens is 298 g/mol. The Balaban J connectivity index is 1.62. The standard InChI is InChI=1S/C20H21N3O/c1-22-19-7-3-2-6-17(19)18(20(22)24)14-21-15-8-10-16(11-9-15)23-12-4-5-13-23/h2-3,6-11,14,24H,4-5,12-13H2,1H3. The molecule has 2 heterocycles. The first-order valence-electron chi connectivity index (χ1n) is 8.39. The molecule has 1 aliphatic heterocycles. The normalized spacial score (nSPS) is 15.0. The number of fused-ring (bicyclic) bond motifs is 1. The van der Waals surface area contributed by atoms with Gasteiger partial charge in [-0.1, -0.05) is 18.2 Å². The fourth-order valence-electron chi connectivity index (χ4n) is 3.40. The smallest absolute Gasteiger partial charge is 0.200 e. The second-order valence-electron chi connectivity index (χ2n) is 6.28. The minimum absolute atomic E-state index is 0.244. The van der Waals surface area contributed by atoms with E-state index in [1.165, 1.54) is 18.5 Å². The van der Waals surface area contributed by atoms with E-state index in [0.717, 1.165) is 35.2 Å². The van der Waals surface area contributed by atoms with E-state index >= 15 is 0 Å². The van der Waals surface area contributed by atoms with Crippen LogP contribution in [0.15, 0.2) is 53.5 Å². The zero-order valence-electron chi connectivity index (χ0n) is 13.8. The molecule has 0 atom stereocenters. The van der Waals surface area contributed by atoms with Crippen molar-refractivity contribution in [2.24, 2.45) is 12.0 Å². The van der Waals surface area contributed by atoms with Gasteiger partial charge >= 0.3 is 0 Å². The third-order valence-corrected chi connectivity index (χ3v) is 4.78. The van der Waals surface area contributed by atoms with Gasteiger partial charge in [0, 0.05) is 37.4 Å². The first kappa shape index (κ1) is 14.8. The molecule has 0 amide bonds. The first-order chi connectivity index (χ1) is 11.7. The Morgan fingerprint density at radius 3 is 2.46 bits per heavy atom. The third-order valence-electron chi connectivity index (χ3n) is 4.78. The van der Waals surface area contributed by atoms with E-state index < -0.39 is 0 Å². The van der Waals surface area contributed by atoms with Gasteiger partial charge in [0.25, 0.3) is 0 Å². The number of aryl methyl sites for hydroxylation is 1. The van der Waals surface area contributed by atoms with Crippen molar-refractivity contribution in [2.75, 3.05) is 18.0 Å². The van der Waals surface area contributed by atoms with Crippen LogP contribution in [0.1, 0.15) is 18.4 Å². The highest BCUT2D eigenvalue weighted by Crippen LogP contribution is 2.29. The van der Waals surface area contributed by atoms with E-state index in [0.29, 0.717) is 0 Å². The second-order valence-corrected chi connectivity index (χ2v) is 6.28. The van der Waals surface area contributed by atoms with Crippen molar-refractivity contribution < 1.29 is 5.11 Å². The van der Waals surface area contributed by atoms with Gasteiger partial charge in [-0.15, -0.1) is 0 Å². The van der Waals surface area contributed by atoms with Crippen LogP contribution in [0, 0.1) is 0 Å². The molecule has 1 N–H and O–H groups in total. The van der Waals surface area contributed by atoms with Crippen LogP contribution in [0.25, 0.3) is 10.9 Å². The van der Waals surface area contributed by atoms with E-state index in [4.69, 9.17) is 0 Å². The van der Waals surface area contributed by atoms with E-state index in [9.17, 15) is 5.11 Å². The van der Waals surface area contributed by atoms with Gasteiger partial charge in [0.05, 0.1) is 16.8 Å². The Kier molecular flexibility index (Phi) is 3.73. The van der Waals surface area contributed by atoms with Gasteiger partial charge in [-0.2, -0.15) is 0 Å². The van der Waals surface area contributed by atoms with Gasteiger partial charge in [0.2, 0.25) is 5.88 Å². The molecule has 0 spiro atoms. The fourth-order valence-corrected chi connectivity index (χ4v) is 3.40. The topological polar surface area (TPSA) is 40.8 Å². The predicted octanol–water partition coefficient (Wildman–Crippen LogP) is 4.23. The highest BCUT2D eigenvalue weighted by molar-refractivity contribution is 6.03. The van der Waals surface area contributed by atoms with Crippen LogP contribution in [-0.4, -0.2) is 29.0 Å². The molecule has 0 unspecified atom stereocenters. The number of rotatable bonds is 3. The molecule has 3 aromatic rings. The van der Waals surface area contributed by atoms with Gasteiger partial charge in [-0.05, 0) is 43.2 Å². The molecule has 24 heavy (non-hydrogen) atoms. The van der Waals surface area contributed by atoms with E-state index in [1.54, 1.807) is 10.8 Å². The summed E-state index contributed by atoms with van der Waals surface area (Å²) in [5, 5.41) is 11.4. The average molecular weight is 319 g/mol. The maximum atomic E-state index is 10.4. The number of aromatic hydroxyl groups is 1. The minimum atomic E-state index is 0.244. The Hall–Kier alpha value is -2.75. The number of para-hydroxylation sites is 1. The molecule has 0 bridgehead atoms. The van der Waals surface area contributed by atoms with Gasteiger partial charge in [0.1, 0.15) is 0 Å². The Morgan fingerprint density at radius 2 is 1.71 bits per heavy atom. The van der Waals surface area contributed by atoms with Crippen LogP contribution in [0.5, 0.6) is 5.88 Å². The van der Waals surface area contributed by atoms with Crippen LogP contribution in [-0.2, 0) is 7.05 Å². The molecule has 1 saturated heterocycles. The molecule has 2 aromatic carbocycles. The Bertz CT molecular complexity index is 887. The first-order valence-corrected chi connectivity index (χ1v) is 8.39. The van der Waals surface area contributed by atoms with Gasteiger partial charge < -0.3 is 14.6 Å². The molecule has 4 heteroatoms. The minimum Gasteiger partial charge on any atom is -0.494 e. The molecular formula is C20H21N3O. The zero-order chi connectivity index (χ0) is 16.5. The zero-order valence-corrected chi connectivity index (χ0v) is 13.8. The predicted molar refractivity (Wildman–Crippen MR) is 99.7 cm³/mol. The van der Waals surface area contributed by atoms with E-state index in [-0.39, 0.29) is 5.88 Å². The van der Waals surface area contributed by atoms with Crippen LogP contribution in [0.4, 0.5) is 11.4 Å². The highest BCUT2D eigenvalue weighted by atomic mass is 16.3. The van der Waals surface area contributed by atoms with Gasteiger partial charge in [0.15, 0.2) is 0 Å². The molecule has 122 valence electrons. The van der Waals surface area contributed by atoms with Crippen molar-refractivity contribution in [2.45, 2.75) is 12.8 Å². The molecule has 0 radical (unpaired) electrons. The van der Waals surface area contributed by atoms with Crippen molar-refractivity contribution in [3.63, 3.8) is 0 Å². The number of anilines is 1. The summed E-state index contributed by atoms with van der Waals surface area (Å²) >= 11 is 0. The summed E-state index contributed by atoms with van der Waals surface area (Å²) in [6, 6.07) is 16.3. The summed E-state index contributed by atoms with van der Waals surface area (Å²) < 4.78 is 1.78. The molecule has 0 saturated carbocycles. The van der Waals surface area contributed by atoms with E-state index in [1.807, 2.05) is 43.4 Å². The lowest BCUT2D eigenvalue weighted by Gasteiger charge is -2.17. The molecule has 0 aliphatic carbocycles. The van der Waals surface area contributed by atoms with Crippen molar-refractivity contribution in [1.82, 2.24) is 4.57 Å². The van der Waals surface area contributed by atoms with Crippen LogP contribution in [0.2, 0.25) is 0 Å². The summed E-state index contributed by atoms with van der Waals surface area (Å²) in [4.78, 5) is 6.96. The number of aliphatic imine (C=N–C) groups is 1. The van der Waals surface area contributed by atoms with Crippen molar-refractivity contribution in [1.29, 1.82) is 0 Å². The Labute approximate surface area is 141 Å². The maximum Gasteiger partial charge on any atom is 0.200 e. The van der Waals surface area contributed by atoms with E-state index in [2.05, 4.69) is 22.0 Å². The number of benzene rings is 2. The molecule has 1 fully saturated rings. The molecule has 4 rings (SSSR count). The number of aromatic nitrogens is 1. The number of hydrogen-bond donors (Lipinski definition) is 1. The fraction of sp³-hybridized carbons (Fsp3) is 0.250. The lowest BCUT2D eigenvalue weighted by molar-refractivity contribution is 0.434. The quantitative estimate of drug-likeness (QED) is 0.734. The van der Waals surface area contributed by atoms with Crippen molar-refractivity contribution in [3.8, 4) is 5.88 Å².